The Bertz CT molecular complexity index is 584. The smallest absolute Gasteiger partial charge is 0.131 e. The lowest BCUT2D eigenvalue weighted by Crippen LogP contribution is -1.95. The number of rotatable bonds is 5. The Morgan fingerprint density at radius 2 is 1.55 bits per heavy atom. The zero-order valence-electron chi connectivity index (χ0n) is 12.7. The molecule has 0 amide bonds. The quantitative estimate of drug-likeness (QED) is 0.653. The third-order valence-corrected chi connectivity index (χ3v) is 3.68. The highest BCUT2D eigenvalue weighted by atomic mass is 19.1. The van der Waals surface area contributed by atoms with Crippen molar-refractivity contribution in [2.45, 2.75) is 46.5 Å². The first kappa shape index (κ1) is 14.8. The predicted molar refractivity (Wildman–Crippen MR) is 84.6 cm³/mol. The highest BCUT2D eigenvalue weighted by Crippen LogP contribution is 2.27. The molecule has 2 aromatic carbocycles. The molecular formula is C19H23F. The fraction of sp³-hybridized carbons (Fsp3) is 0.368. The van der Waals surface area contributed by atoms with E-state index in [0.717, 1.165) is 36.8 Å². The summed E-state index contributed by atoms with van der Waals surface area (Å²) in [6.45, 7) is 6.30. The molecule has 0 aliphatic heterocycles. The normalized spacial score (nSPS) is 10.8. The SMILES string of the molecule is CCCc1ccc(-c2ccc(C)cc2F)cc1CCC. The van der Waals surface area contributed by atoms with Crippen molar-refractivity contribution in [2.75, 3.05) is 0 Å². The van der Waals surface area contributed by atoms with Crippen LogP contribution in [0.4, 0.5) is 4.39 Å². The summed E-state index contributed by atoms with van der Waals surface area (Å²) in [7, 11) is 0. The maximum atomic E-state index is 14.1. The monoisotopic (exact) mass is 270 g/mol. The summed E-state index contributed by atoms with van der Waals surface area (Å²) in [4.78, 5) is 0. The van der Waals surface area contributed by atoms with Gasteiger partial charge in [-0.25, -0.2) is 4.39 Å². The van der Waals surface area contributed by atoms with Gasteiger partial charge in [0.2, 0.25) is 0 Å². The van der Waals surface area contributed by atoms with Gasteiger partial charge in [-0.2, -0.15) is 0 Å². The van der Waals surface area contributed by atoms with Gasteiger partial charge in [-0.05, 0) is 48.1 Å². The summed E-state index contributed by atoms with van der Waals surface area (Å²) in [6, 6.07) is 11.9. The molecule has 2 aromatic rings. The predicted octanol–water partition coefficient (Wildman–Crippen LogP) is 5.71. The largest absolute Gasteiger partial charge is 0.206 e. The van der Waals surface area contributed by atoms with Crippen molar-refractivity contribution in [3.8, 4) is 11.1 Å². The number of halogens is 1. The van der Waals surface area contributed by atoms with E-state index in [1.165, 1.54) is 11.1 Å². The molecule has 20 heavy (non-hydrogen) atoms. The molecular weight excluding hydrogens is 247 g/mol. The molecule has 106 valence electrons. The molecule has 0 saturated heterocycles. The van der Waals surface area contributed by atoms with Gasteiger partial charge in [0.15, 0.2) is 0 Å². The van der Waals surface area contributed by atoms with E-state index >= 15 is 0 Å². The molecule has 0 spiro atoms. The van der Waals surface area contributed by atoms with Crippen LogP contribution in [0.15, 0.2) is 36.4 Å². The summed E-state index contributed by atoms with van der Waals surface area (Å²) in [5, 5.41) is 0. The molecule has 1 heteroatoms. The first-order chi connectivity index (χ1) is 9.65. The van der Waals surface area contributed by atoms with Crippen molar-refractivity contribution in [3.63, 3.8) is 0 Å². The van der Waals surface area contributed by atoms with Gasteiger partial charge in [0.1, 0.15) is 5.82 Å². The molecule has 2 rings (SSSR count). The fourth-order valence-corrected chi connectivity index (χ4v) is 2.66. The van der Waals surface area contributed by atoms with E-state index in [2.05, 4.69) is 32.0 Å². The number of hydrogen-bond donors (Lipinski definition) is 0. The van der Waals surface area contributed by atoms with Crippen molar-refractivity contribution in [2.24, 2.45) is 0 Å². The van der Waals surface area contributed by atoms with Crippen LogP contribution < -0.4 is 0 Å². The van der Waals surface area contributed by atoms with Gasteiger partial charge in [0.25, 0.3) is 0 Å². The third kappa shape index (κ3) is 3.27. The van der Waals surface area contributed by atoms with E-state index in [1.807, 2.05) is 19.1 Å². The number of hydrogen-bond acceptors (Lipinski definition) is 0. The van der Waals surface area contributed by atoms with Crippen LogP contribution in [-0.2, 0) is 12.8 Å². The van der Waals surface area contributed by atoms with Crippen LogP contribution >= 0.6 is 0 Å². The van der Waals surface area contributed by atoms with Crippen LogP contribution in [0.3, 0.4) is 0 Å². The zero-order valence-corrected chi connectivity index (χ0v) is 12.7. The maximum absolute atomic E-state index is 14.1. The summed E-state index contributed by atoms with van der Waals surface area (Å²) in [5.74, 6) is -0.129. The summed E-state index contributed by atoms with van der Waals surface area (Å²) >= 11 is 0. The molecule has 0 radical (unpaired) electrons. The van der Waals surface area contributed by atoms with E-state index in [9.17, 15) is 4.39 Å². The molecule has 0 heterocycles. The van der Waals surface area contributed by atoms with Gasteiger partial charge in [-0.15, -0.1) is 0 Å². The van der Waals surface area contributed by atoms with Crippen molar-refractivity contribution < 1.29 is 4.39 Å². The van der Waals surface area contributed by atoms with Crippen molar-refractivity contribution >= 4 is 0 Å². The third-order valence-electron chi connectivity index (χ3n) is 3.68. The molecule has 0 nitrogen and oxygen atoms in total. The Labute approximate surface area is 121 Å². The standard InChI is InChI=1S/C19H23F/c1-4-6-15-9-10-17(13-16(15)7-5-2)18-11-8-14(3)12-19(18)20/h8-13H,4-7H2,1-3H3. The lowest BCUT2D eigenvalue weighted by molar-refractivity contribution is 0.630. The Balaban J connectivity index is 2.44. The average Bonchev–Trinajstić information content (AvgIpc) is 2.41. The van der Waals surface area contributed by atoms with Crippen LogP contribution in [0.2, 0.25) is 0 Å². The van der Waals surface area contributed by atoms with Gasteiger partial charge < -0.3 is 0 Å². The molecule has 0 N–H and O–H groups in total. The molecule has 0 saturated carbocycles. The van der Waals surface area contributed by atoms with E-state index in [0.29, 0.717) is 5.56 Å². The molecule has 0 unspecified atom stereocenters. The minimum atomic E-state index is -0.129. The summed E-state index contributed by atoms with van der Waals surface area (Å²) in [5.41, 5.74) is 5.43. The van der Waals surface area contributed by atoms with Crippen LogP contribution in [0.25, 0.3) is 11.1 Å². The van der Waals surface area contributed by atoms with Crippen molar-refractivity contribution in [1.29, 1.82) is 0 Å². The zero-order chi connectivity index (χ0) is 14.5. The Morgan fingerprint density at radius 1 is 0.850 bits per heavy atom. The maximum Gasteiger partial charge on any atom is 0.131 e. The summed E-state index contributed by atoms with van der Waals surface area (Å²) in [6.07, 6.45) is 4.44. The minimum Gasteiger partial charge on any atom is -0.206 e. The Kier molecular flexibility index (Phi) is 4.94. The molecule has 0 fully saturated rings. The molecule has 0 aliphatic rings. The number of benzene rings is 2. The van der Waals surface area contributed by atoms with Gasteiger partial charge in [-0.3, -0.25) is 0 Å². The van der Waals surface area contributed by atoms with E-state index < -0.39 is 0 Å². The molecule has 0 bridgehead atoms. The lowest BCUT2D eigenvalue weighted by Gasteiger charge is -2.12. The van der Waals surface area contributed by atoms with E-state index in [4.69, 9.17) is 0 Å². The minimum absolute atomic E-state index is 0.129. The lowest BCUT2D eigenvalue weighted by atomic mass is 9.94. The first-order valence-electron chi connectivity index (χ1n) is 7.54. The number of aryl methyl sites for hydroxylation is 3. The Morgan fingerprint density at radius 3 is 2.20 bits per heavy atom. The van der Waals surface area contributed by atoms with Crippen molar-refractivity contribution in [3.05, 3.63) is 58.9 Å². The molecule has 0 aromatic heterocycles. The van der Waals surface area contributed by atoms with Crippen LogP contribution in [0.5, 0.6) is 0 Å². The van der Waals surface area contributed by atoms with Gasteiger partial charge >= 0.3 is 0 Å². The second-order valence-corrected chi connectivity index (χ2v) is 5.47. The average molecular weight is 270 g/mol. The summed E-state index contributed by atoms with van der Waals surface area (Å²) < 4.78 is 14.1. The fourth-order valence-electron chi connectivity index (χ4n) is 2.66. The van der Waals surface area contributed by atoms with Gasteiger partial charge in [0.05, 0.1) is 0 Å². The molecule has 0 aliphatic carbocycles. The van der Waals surface area contributed by atoms with Gasteiger partial charge in [0, 0.05) is 5.56 Å². The van der Waals surface area contributed by atoms with E-state index in [1.54, 1.807) is 6.07 Å². The second kappa shape index (κ2) is 6.69. The van der Waals surface area contributed by atoms with Gasteiger partial charge in [-0.1, -0.05) is 57.0 Å². The van der Waals surface area contributed by atoms with Crippen LogP contribution in [0, 0.1) is 12.7 Å². The second-order valence-electron chi connectivity index (χ2n) is 5.47. The highest BCUT2D eigenvalue weighted by molar-refractivity contribution is 5.66. The van der Waals surface area contributed by atoms with Crippen LogP contribution in [-0.4, -0.2) is 0 Å². The first-order valence-corrected chi connectivity index (χ1v) is 7.54. The van der Waals surface area contributed by atoms with Crippen LogP contribution in [0.1, 0.15) is 43.4 Å². The van der Waals surface area contributed by atoms with E-state index in [-0.39, 0.29) is 5.82 Å². The topological polar surface area (TPSA) is 0 Å². The Hall–Kier alpha value is -1.63. The van der Waals surface area contributed by atoms with Crippen molar-refractivity contribution in [1.82, 2.24) is 0 Å². The highest BCUT2D eigenvalue weighted by Gasteiger charge is 2.08. The molecule has 0 atom stereocenters.